The van der Waals surface area contributed by atoms with Crippen LogP contribution in [0.5, 0.6) is 0 Å². The Kier molecular flexibility index (Phi) is 7.62. The van der Waals surface area contributed by atoms with Crippen molar-refractivity contribution in [3.05, 3.63) is 79.1 Å². The fourth-order valence-corrected chi connectivity index (χ4v) is 5.92. The summed E-state index contributed by atoms with van der Waals surface area (Å²) in [4.78, 5) is 32.7. The molecule has 176 valence electrons. The Bertz CT molecular complexity index is 1440. The molecule has 0 saturated carbocycles. The number of hydrogen-bond donors (Lipinski definition) is 1. The van der Waals surface area contributed by atoms with Gasteiger partial charge in [0, 0.05) is 10.6 Å². The molecule has 4 aromatic rings. The minimum Gasteiger partial charge on any atom is -0.325 e. The third-order valence-electron chi connectivity index (χ3n) is 5.13. The molecule has 2 aromatic carbocycles. The molecule has 0 aliphatic rings. The summed E-state index contributed by atoms with van der Waals surface area (Å²) in [5, 5.41) is 4.41. The van der Waals surface area contributed by atoms with E-state index in [0.717, 1.165) is 35.0 Å². The van der Waals surface area contributed by atoms with E-state index in [4.69, 9.17) is 28.2 Å². The van der Waals surface area contributed by atoms with Crippen LogP contribution in [0.4, 0.5) is 10.1 Å². The molecule has 0 spiro atoms. The summed E-state index contributed by atoms with van der Waals surface area (Å²) in [6.07, 6.45) is 1.81. The normalized spacial score (nSPS) is 11.2. The number of aryl methyl sites for hydroxylation is 2. The zero-order valence-electron chi connectivity index (χ0n) is 18.3. The van der Waals surface area contributed by atoms with Gasteiger partial charge < -0.3 is 5.32 Å². The maximum atomic E-state index is 13.6. The first-order valence-electron chi connectivity index (χ1n) is 10.5. The molecule has 2 heterocycles. The van der Waals surface area contributed by atoms with Crippen molar-refractivity contribution < 1.29 is 9.18 Å². The Balaban J connectivity index is 1.70. The fraction of sp³-hybridized carbons (Fsp3) is 0.208. The molecule has 0 aliphatic heterocycles. The second-order valence-corrected chi connectivity index (χ2v) is 10.4. The van der Waals surface area contributed by atoms with Gasteiger partial charge >= 0.3 is 0 Å². The monoisotopic (exact) mass is 535 g/mol. The van der Waals surface area contributed by atoms with E-state index in [1.54, 1.807) is 18.2 Å². The van der Waals surface area contributed by atoms with Gasteiger partial charge in [-0.15, -0.1) is 11.3 Å². The van der Waals surface area contributed by atoms with Gasteiger partial charge in [-0.05, 0) is 61.4 Å². The standard InChI is InChI=1S/C24H20Cl2FN3O2S2/c1-3-4-19-13(2)21-22(34-19)29-24(30(23(21)32)16-8-5-14(27)6-9-16)33-12-20(31)28-15-7-10-17(25)18(26)11-15/h5-11H,3-4,12H2,1-2H3,(H,28,31). The van der Waals surface area contributed by atoms with E-state index in [1.165, 1.54) is 40.2 Å². The number of nitrogens with one attached hydrogen (secondary N) is 1. The molecule has 0 saturated heterocycles. The number of nitrogens with zero attached hydrogens (tertiary/aromatic N) is 2. The fourth-order valence-electron chi connectivity index (χ4n) is 3.49. The van der Waals surface area contributed by atoms with Gasteiger partial charge in [0.2, 0.25) is 5.91 Å². The van der Waals surface area contributed by atoms with Crippen LogP contribution in [-0.4, -0.2) is 21.2 Å². The van der Waals surface area contributed by atoms with Crippen molar-refractivity contribution >= 4 is 68.1 Å². The van der Waals surface area contributed by atoms with Crippen LogP contribution in [0.2, 0.25) is 10.0 Å². The van der Waals surface area contributed by atoms with E-state index in [9.17, 15) is 14.0 Å². The lowest BCUT2D eigenvalue weighted by Gasteiger charge is -2.12. The Morgan fingerprint density at radius 2 is 1.91 bits per heavy atom. The number of carbonyl (C=O) groups is 1. The molecule has 5 nitrogen and oxygen atoms in total. The molecule has 0 radical (unpaired) electrons. The van der Waals surface area contributed by atoms with Crippen LogP contribution in [0.1, 0.15) is 23.8 Å². The molecule has 0 atom stereocenters. The molecule has 1 amide bonds. The highest BCUT2D eigenvalue weighted by molar-refractivity contribution is 7.99. The SMILES string of the molecule is CCCc1sc2nc(SCC(=O)Nc3ccc(Cl)c(Cl)c3)n(-c3ccc(F)cc3)c(=O)c2c1C. The summed E-state index contributed by atoms with van der Waals surface area (Å²) in [6.45, 7) is 4.02. The predicted molar refractivity (Wildman–Crippen MR) is 140 cm³/mol. The summed E-state index contributed by atoms with van der Waals surface area (Å²) < 4.78 is 15.0. The van der Waals surface area contributed by atoms with Gasteiger partial charge in [0.25, 0.3) is 5.56 Å². The molecule has 34 heavy (non-hydrogen) atoms. The minimum atomic E-state index is -0.405. The number of carbonyl (C=O) groups excluding carboxylic acids is 1. The first-order valence-corrected chi connectivity index (χ1v) is 13.0. The number of aromatic nitrogens is 2. The highest BCUT2D eigenvalue weighted by Crippen LogP contribution is 2.31. The second kappa shape index (κ2) is 10.5. The van der Waals surface area contributed by atoms with Gasteiger partial charge in [-0.3, -0.25) is 14.2 Å². The van der Waals surface area contributed by atoms with Gasteiger partial charge in [-0.25, -0.2) is 9.37 Å². The van der Waals surface area contributed by atoms with E-state index < -0.39 is 5.82 Å². The summed E-state index contributed by atoms with van der Waals surface area (Å²) in [6, 6.07) is 10.5. The van der Waals surface area contributed by atoms with Gasteiger partial charge in [0.05, 0.1) is 26.9 Å². The van der Waals surface area contributed by atoms with E-state index in [0.29, 0.717) is 36.8 Å². The zero-order valence-corrected chi connectivity index (χ0v) is 21.5. The number of halogens is 3. The number of rotatable bonds is 7. The Morgan fingerprint density at radius 3 is 2.59 bits per heavy atom. The zero-order chi connectivity index (χ0) is 24.4. The second-order valence-electron chi connectivity index (χ2n) is 7.56. The molecule has 2 aromatic heterocycles. The first-order chi connectivity index (χ1) is 16.3. The largest absolute Gasteiger partial charge is 0.325 e. The van der Waals surface area contributed by atoms with Crippen LogP contribution in [0, 0.1) is 12.7 Å². The maximum Gasteiger partial charge on any atom is 0.267 e. The van der Waals surface area contributed by atoms with Crippen LogP contribution in [-0.2, 0) is 11.2 Å². The van der Waals surface area contributed by atoms with Crippen molar-refractivity contribution in [3.63, 3.8) is 0 Å². The van der Waals surface area contributed by atoms with Crippen LogP contribution in [0.3, 0.4) is 0 Å². The number of hydrogen-bond acceptors (Lipinski definition) is 5. The van der Waals surface area contributed by atoms with E-state index in [1.807, 2.05) is 6.92 Å². The number of thiophene rings is 1. The number of benzene rings is 2. The van der Waals surface area contributed by atoms with Crippen molar-refractivity contribution in [1.29, 1.82) is 0 Å². The summed E-state index contributed by atoms with van der Waals surface area (Å²) in [7, 11) is 0. The smallest absolute Gasteiger partial charge is 0.267 e. The molecular weight excluding hydrogens is 516 g/mol. The lowest BCUT2D eigenvalue weighted by molar-refractivity contribution is -0.113. The van der Waals surface area contributed by atoms with Crippen molar-refractivity contribution in [2.24, 2.45) is 0 Å². The van der Waals surface area contributed by atoms with Gasteiger partial charge in [0.1, 0.15) is 10.6 Å². The van der Waals surface area contributed by atoms with Crippen LogP contribution >= 0.6 is 46.3 Å². The summed E-state index contributed by atoms with van der Waals surface area (Å²) in [5.41, 5.74) is 1.68. The highest BCUT2D eigenvalue weighted by atomic mass is 35.5. The van der Waals surface area contributed by atoms with Gasteiger partial charge in [-0.1, -0.05) is 48.3 Å². The number of thioether (sulfide) groups is 1. The Hall–Kier alpha value is -2.39. The summed E-state index contributed by atoms with van der Waals surface area (Å²) >= 11 is 14.6. The first kappa shape index (κ1) is 24.7. The lowest BCUT2D eigenvalue weighted by Crippen LogP contribution is -2.23. The molecule has 4 rings (SSSR count). The highest BCUT2D eigenvalue weighted by Gasteiger charge is 2.20. The summed E-state index contributed by atoms with van der Waals surface area (Å²) in [5.74, 6) is -0.693. The average Bonchev–Trinajstić information content (AvgIpc) is 3.11. The quantitative estimate of drug-likeness (QED) is 0.207. The predicted octanol–water partition coefficient (Wildman–Crippen LogP) is 6.88. The average molecular weight is 536 g/mol. The van der Waals surface area contributed by atoms with Crippen molar-refractivity contribution in [1.82, 2.24) is 9.55 Å². The number of anilines is 1. The molecule has 10 heteroatoms. The van der Waals surface area contributed by atoms with Crippen molar-refractivity contribution in [2.75, 3.05) is 11.1 Å². The minimum absolute atomic E-state index is 0.00552. The Labute approximate surface area is 213 Å². The molecule has 0 fully saturated rings. The number of fused-ring (bicyclic) bond motifs is 1. The van der Waals surface area contributed by atoms with E-state index in [2.05, 4.69) is 12.2 Å². The van der Waals surface area contributed by atoms with Crippen LogP contribution < -0.4 is 10.9 Å². The van der Waals surface area contributed by atoms with Gasteiger partial charge in [-0.2, -0.15) is 0 Å². The van der Waals surface area contributed by atoms with E-state index in [-0.39, 0.29) is 17.2 Å². The lowest BCUT2D eigenvalue weighted by atomic mass is 10.1. The molecule has 1 N–H and O–H groups in total. The topological polar surface area (TPSA) is 64.0 Å². The molecular formula is C24H20Cl2FN3O2S2. The third kappa shape index (κ3) is 5.15. The molecule has 0 unspecified atom stereocenters. The van der Waals surface area contributed by atoms with Crippen molar-refractivity contribution in [2.45, 2.75) is 31.8 Å². The molecule has 0 aliphatic carbocycles. The van der Waals surface area contributed by atoms with E-state index >= 15 is 0 Å². The van der Waals surface area contributed by atoms with Crippen molar-refractivity contribution in [3.8, 4) is 5.69 Å². The van der Waals surface area contributed by atoms with Crippen LogP contribution in [0.15, 0.2) is 52.4 Å². The number of amides is 1. The van der Waals surface area contributed by atoms with Crippen LogP contribution in [0.25, 0.3) is 15.9 Å². The third-order valence-corrected chi connectivity index (χ3v) is 8.05. The molecule has 0 bridgehead atoms. The Morgan fingerprint density at radius 1 is 1.18 bits per heavy atom. The van der Waals surface area contributed by atoms with Gasteiger partial charge in [0.15, 0.2) is 5.16 Å². The maximum absolute atomic E-state index is 13.6.